The molecule has 1 aliphatic rings. The topological polar surface area (TPSA) is 127 Å². The van der Waals surface area contributed by atoms with Gasteiger partial charge in [0.15, 0.2) is 23.2 Å². The van der Waals surface area contributed by atoms with Crippen LogP contribution >= 0.6 is 0 Å². The summed E-state index contributed by atoms with van der Waals surface area (Å²) in [6.07, 6.45) is 3.59. The molecule has 0 amide bonds. The van der Waals surface area contributed by atoms with Gasteiger partial charge in [0.25, 0.3) is 11.8 Å². The van der Waals surface area contributed by atoms with E-state index in [4.69, 9.17) is 18.7 Å². The molecule has 5 aromatic rings. The third-order valence-corrected chi connectivity index (χ3v) is 7.53. The fourth-order valence-corrected chi connectivity index (χ4v) is 5.01. The number of ether oxygens (including phenoxy) is 3. The summed E-state index contributed by atoms with van der Waals surface area (Å²) in [6.45, 7) is 0.162. The lowest BCUT2D eigenvalue weighted by molar-refractivity contribution is -0.133. The van der Waals surface area contributed by atoms with Crippen molar-refractivity contribution in [1.29, 1.82) is 0 Å². The Labute approximate surface area is 250 Å². The first-order chi connectivity index (χ1) is 21.3. The van der Waals surface area contributed by atoms with Crippen LogP contribution in [0.4, 0.5) is 8.78 Å². The SMILES string of the molecule is COCc1noc(-c2cc3c(Oc4ncc(CC(=O)C5(C(=O)Cc6ccc(F)cc6)CC5)cc4F)ccnc3cc2OC)n1. The van der Waals surface area contributed by atoms with Crippen LogP contribution in [0.1, 0.15) is 29.8 Å². The number of hydrogen-bond donors (Lipinski definition) is 0. The number of Topliss-reactive ketones (excluding diaryl/α,β-unsaturated/α-hetero) is 2. The van der Waals surface area contributed by atoms with Crippen LogP contribution in [0.25, 0.3) is 22.4 Å². The number of halogens is 2. The van der Waals surface area contributed by atoms with Crippen LogP contribution in [0.2, 0.25) is 0 Å². The number of methoxy groups -OCH3 is 2. The third-order valence-electron chi connectivity index (χ3n) is 7.53. The van der Waals surface area contributed by atoms with E-state index in [1.807, 2.05) is 0 Å². The molecule has 44 heavy (non-hydrogen) atoms. The van der Waals surface area contributed by atoms with E-state index in [9.17, 15) is 14.0 Å². The standard InChI is InChI=1S/C32H26F2N4O6/c1-41-17-29-37-30(44-38-29)22-14-21-24(15-26(22)42-2)35-10-7-25(21)43-31-23(34)11-19(16-36-31)13-28(40)32(8-9-32)27(39)12-18-3-5-20(33)6-4-18/h3-7,10-11,14-16H,8-9,12-13,17H2,1-2H3. The Kier molecular flexibility index (Phi) is 7.83. The minimum Gasteiger partial charge on any atom is -0.496 e. The maximum Gasteiger partial charge on any atom is 0.261 e. The van der Waals surface area contributed by atoms with Crippen LogP contribution in [-0.2, 0) is 33.8 Å². The molecule has 0 bridgehead atoms. The Morgan fingerprint density at radius 1 is 0.932 bits per heavy atom. The Balaban J connectivity index is 1.20. The summed E-state index contributed by atoms with van der Waals surface area (Å²) in [7, 11) is 3.01. The van der Waals surface area contributed by atoms with Crippen molar-refractivity contribution in [3.05, 3.63) is 89.5 Å². The summed E-state index contributed by atoms with van der Waals surface area (Å²) in [5.74, 6) is -0.781. The van der Waals surface area contributed by atoms with Gasteiger partial charge in [0.2, 0.25) is 0 Å². The van der Waals surface area contributed by atoms with Gasteiger partial charge >= 0.3 is 0 Å². The molecule has 0 N–H and O–H groups in total. The van der Waals surface area contributed by atoms with E-state index >= 15 is 4.39 Å². The number of benzene rings is 2. The minimum atomic E-state index is -1.10. The first kappa shape index (κ1) is 29.0. The van der Waals surface area contributed by atoms with Crippen LogP contribution in [0.15, 0.2) is 65.4 Å². The molecule has 0 spiro atoms. The summed E-state index contributed by atoms with van der Waals surface area (Å²) in [4.78, 5) is 38.9. The van der Waals surface area contributed by atoms with Crippen molar-refractivity contribution in [3.63, 3.8) is 0 Å². The first-order valence-corrected chi connectivity index (χ1v) is 13.7. The summed E-state index contributed by atoms with van der Waals surface area (Å²) >= 11 is 0. The van der Waals surface area contributed by atoms with Crippen molar-refractivity contribution < 1.29 is 37.1 Å². The molecular formula is C32H26F2N4O6. The van der Waals surface area contributed by atoms with Crippen molar-refractivity contribution in [2.45, 2.75) is 32.3 Å². The number of aromatic nitrogens is 4. The molecule has 224 valence electrons. The van der Waals surface area contributed by atoms with Gasteiger partial charge in [-0.3, -0.25) is 14.6 Å². The number of hydrogen-bond acceptors (Lipinski definition) is 10. The largest absolute Gasteiger partial charge is 0.496 e. The van der Waals surface area contributed by atoms with Crippen LogP contribution in [0.3, 0.4) is 0 Å². The average molecular weight is 601 g/mol. The van der Waals surface area contributed by atoms with Gasteiger partial charge in [-0.15, -0.1) is 0 Å². The monoisotopic (exact) mass is 600 g/mol. The van der Waals surface area contributed by atoms with Gasteiger partial charge in [-0.1, -0.05) is 17.3 Å². The molecule has 1 fully saturated rings. The van der Waals surface area contributed by atoms with E-state index < -0.39 is 17.0 Å². The molecular weight excluding hydrogens is 574 g/mol. The zero-order valence-electron chi connectivity index (χ0n) is 23.8. The van der Waals surface area contributed by atoms with Crippen molar-refractivity contribution >= 4 is 22.5 Å². The van der Waals surface area contributed by atoms with E-state index in [1.165, 1.54) is 56.9 Å². The molecule has 12 heteroatoms. The highest BCUT2D eigenvalue weighted by atomic mass is 19.1. The normalized spacial score (nSPS) is 13.5. The highest BCUT2D eigenvalue weighted by molar-refractivity contribution is 6.10. The van der Waals surface area contributed by atoms with Gasteiger partial charge in [0.05, 0.1) is 23.6 Å². The number of nitrogens with zero attached hydrogens (tertiary/aromatic N) is 4. The quantitative estimate of drug-likeness (QED) is 0.167. The lowest BCUT2D eigenvalue weighted by atomic mass is 9.88. The van der Waals surface area contributed by atoms with Gasteiger partial charge in [0.1, 0.15) is 23.9 Å². The van der Waals surface area contributed by atoms with Gasteiger partial charge in [-0.25, -0.2) is 13.8 Å². The second-order valence-electron chi connectivity index (χ2n) is 10.5. The molecule has 1 aliphatic carbocycles. The predicted molar refractivity (Wildman–Crippen MR) is 152 cm³/mol. The molecule has 0 atom stereocenters. The predicted octanol–water partition coefficient (Wildman–Crippen LogP) is 5.61. The van der Waals surface area contributed by atoms with Crippen LogP contribution in [0, 0.1) is 17.0 Å². The van der Waals surface area contributed by atoms with E-state index in [2.05, 4.69) is 20.1 Å². The summed E-state index contributed by atoms with van der Waals surface area (Å²) < 4.78 is 50.3. The molecule has 10 nitrogen and oxygen atoms in total. The van der Waals surface area contributed by atoms with E-state index in [-0.39, 0.29) is 48.5 Å². The first-order valence-electron chi connectivity index (χ1n) is 13.7. The number of fused-ring (bicyclic) bond motifs is 1. The maximum absolute atomic E-state index is 15.2. The summed E-state index contributed by atoms with van der Waals surface area (Å²) in [6, 6.07) is 11.7. The fraction of sp³-hybridized carbons (Fsp3) is 0.250. The molecule has 0 saturated heterocycles. The van der Waals surface area contributed by atoms with Crippen molar-refractivity contribution in [2.24, 2.45) is 5.41 Å². The second-order valence-corrected chi connectivity index (χ2v) is 10.5. The smallest absolute Gasteiger partial charge is 0.261 e. The third kappa shape index (κ3) is 5.76. The van der Waals surface area contributed by atoms with Gasteiger partial charge in [0, 0.05) is 43.8 Å². The van der Waals surface area contributed by atoms with Crippen LogP contribution in [-0.4, -0.2) is 45.9 Å². The molecule has 3 aromatic heterocycles. The number of ketones is 2. The van der Waals surface area contributed by atoms with Crippen molar-refractivity contribution in [1.82, 2.24) is 20.1 Å². The van der Waals surface area contributed by atoms with Crippen LogP contribution < -0.4 is 9.47 Å². The minimum absolute atomic E-state index is 0.0275. The number of rotatable bonds is 12. The Bertz CT molecular complexity index is 1870. The lowest BCUT2D eigenvalue weighted by Gasteiger charge is -2.14. The Morgan fingerprint density at radius 3 is 2.36 bits per heavy atom. The van der Waals surface area contributed by atoms with E-state index in [1.54, 1.807) is 18.2 Å². The summed E-state index contributed by atoms with van der Waals surface area (Å²) in [5, 5.41) is 4.40. The molecule has 2 aromatic carbocycles. The molecule has 0 radical (unpaired) electrons. The maximum atomic E-state index is 15.2. The Morgan fingerprint density at radius 2 is 1.68 bits per heavy atom. The molecule has 0 unspecified atom stereocenters. The number of pyridine rings is 2. The number of carbonyl (C=O) groups excluding carboxylic acids is 2. The second kappa shape index (κ2) is 11.9. The lowest BCUT2D eigenvalue weighted by Crippen LogP contribution is -2.29. The van der Waals surface area contributed by atoms with Crippen molar-refractivity contribution in [2.75, 3.05) is 14.2 Å². The highest BCUT2D eigenvalue weighted by Gasteiger charge is 2.54. The highest BCUT2D eigenvalue weighted by Crippen LogP contribution is 2.49. The van der Waals surface area contributed by atoms with E-state index in [0.717, 1.165) is 0 Å². The van der Waals surface area contributed by atoms with E-state index in [0.29, 0.717) is 52.0 Å². The number of carbonyl (C=O) groups is 2. The van der Waals surface area contributed by atoms with Gasteiger partial charge in [-0.05, 0) is 54.3 Å². The molecule has 6 rings (SSSR count). The molecule has 0 aliphatic heterocycles. The van der Waals surface area contributed by atoms with Gasteiger partial charge < -0.3 is 18.7 Å². The summed E-state index contributed by atoms with van der Waals surface area (Å²) in [5.41, 5.74) is 0.819. The fourth-order valence-electron chi connectivity index (χ4n) is 5.01. The zero-order chi connectivity index (χ0) is 30.8. The molecule has 1 saturated carbocycles. The molecule has 3 heterocycles. The van der Waals surface area contributed by atoms with Gasteiger partial charge in [-0.2, -0.15) is 4.98 Å². The van der Waals surface area contributed by atoms with Crippen molar-refractivity contribution in [3.8, 4) is 28.8 Å². The van der Waals surface area contributed by atoms with Crippen LogP contribution in [0.5, 0.6) is 17.4 Å². The average Bonchev–Trinajstić information content (AvgIpc) is 3.72. The Hall–Kier alpha value is -5.10. The zero-order valence-corrected chi connectivity index (χ0v) is 23.8.